The average molecular weight is 151 g/mol. The highest BCUT2D eigenvalue weighted by Crippen LogP contribution is 2.24. The van der Waals surface area contributed by atoms with Gasteiger partial charge in [-0.15, -0.1) is 0 Å². The van der Waals surface area contributed by atoms with Crippen molar-refractivity contribution in [2.75, 3.05) is 20.2 Å². The molecule has 60 valence electrons. The molecule has 0 aromatic carbocycles. The van der Waals surface area contributed by atoms with Gasteiger partial charge in [-0.25, -0.2) is 0 Å². The van der Waals surface area contributed by atoms with Crippen LogP contribution in [0.4, 0.5) is 0 Å². The molecule has 1 aliphatic heterocycles. The maximum atomic E-state index is 5.54. The van der Waals surface area contributed by atoms with Crippen LogP contribution in [0.15, 0.2) is 23.6 Å². The van der Waals surface area contributed by atoms with E-state index in [1.807, 2.05) is 0 Å². The molecule has 0 bridgehead atoms. The molecule has 0 atom stereocenters. The summed E-state index contributed by atoms with van der Waals surface area (Å²) in [5.41, 5.74) is 1.28. The molecule has 0 aromatic heterocycles. The Labute approximate surface area is 67.1 Å². The van der Waals surface area contributed by atoms with Crippen molar-refractivity contribution in [3.8, 4) is 0 Å². The predicted octanol–water partition coefficient (Wildman–Crippen LogP) is 1.51. The summed E-state index contributed by atoms with van der Waals surface area (Å²) >= 11 is 0. The van der Waals surface area contributed by atoms with E-state index in [2.05, 4.69) is 24.1 Å². The Kier molecular flexibility index (Phi) is 1.60. The van der Waals surface area contributed by atoms with Gasteiger partial charge in [0.15, 0.2) is 0 Å². The molecule has 0 amide bonds. The first-order chi connectivity index (χ1) is 5.38. The monoisotopic (exact) mass is 151 g/mol. The molecule has 2 aliphatic rings. The zero-order valence-electron chi connectivity index (χ0n) is 6.84. The zero-order valence-corrected chi connectivity index (χ0v) is 6.84. The van der Waals surface area contributed by atoms with Crippen molar-refractivity contribution in [2.24, 2.45) is 0 Å². The van der Waals surface area contributed by atoms with Gasteiger partial charge in [-0.1, -0.05) is 6.08 Å². The summed E-state index contributed by atoms with van der Waals surface area (Å²) in [5, 5.41) is 0. The molecule has 0 radical (unpaired) electrons. The molecule has 0 spiro atoms. The maximum Gasteiger partial charge on any atom is 0.120 e. The van der Waals surface area contributed by atoms with Gasteiger partial charge in [0.05, 0.1) is 12.2 Å². The van der Waals surface area contributed by atoms with Crippen molar-refractivity contribution in [3.63, 3.8) is 0 Å². The van der Waals surface area contributed by atoms with Crippen LogP contribution in [0, 0.1) is 0 Å². The van der Waals surface area contributed by atoms with E-state index in [0.717, 1.165) is 26.0 Å². The molecule has 0 N–H and O–H groups in total. The van der Waals surface area contributed by atoms with Crippen LogP contribution >= 0.6 is 0 Å². The number of ether oxygens (including phenoxy) is 1. The molecular formula is C9H13NO. The molecule has 0 saturated carbocycles. The van der Waals surface area contributed by atoms with Gasteiger partial charge in [-0.05, 0) is 12.5 Å². The van der Waals surface area contributed by atoms with E-state index in [1.165, 1.54) is 11.5 Å². The summed E-state index contributed by atoms with van der Waals surface area (Å²) in [4.78, 5) is 2.26. The van der Waals surface area contributed by atoms with E-state index in [1.54, 1.807) is 0 Å². The minimum absolute atomic E-state index is 0.850. The minimum atomic E-state index is 0.850. The minimum Gasteiger partial charge on any atom is -0.494 e. The van der Waals surface area contributed by atoms with Crippen LogP contribution in [-0.4, -0.2) is 25.1 Å². The number of allylic oxidation sites excluding steroid dienone is 3. The molecule has 1 aliphatic carbocycles. The van der Waals surface area contributed by atoms with Crippen LogP contribution in [0.5, 0.6) is 0 Å². The normalized spacial score (nSPS) is 23.2. The van der Waals surface area contributed by atoms with Crippen molar-refractivity contribution >= 4 is 0 Å². The molecule has 1 heterocycles. The Bertz CT molecular complexity index is 218. The molecule has 11 heavy (non-hydrogen) atoms. The van der Waals surface area contributed by atoms with Crippen molar-refractivity contribution in [2.45, 2.75) is 12.8 Å². The average Bonchev–Trinajstić information content (AvgIpc) is 2.06. The second kappa shape index (κ2) is 2.61. The van der Waals surface area contributed by atoms with E-state index in [9.17, 15) is 0 Å². The molecule has 0 aromatic rings. The molecule has 2 rings (SSSR count). The summed E-state index contributed by atoms with van der Waals surface area (Å²) in [6.45, 7) is 1.87. The van der Waals surface area contributed by atoms with Crippen molar-refractivity contribution < 1.29 is 4.74 Å². The van der Waals surface area contributed by atoms with Crippen LogP contribution in [-0.2, 0) is 4.74 Å². The van der Waals surface area contributed by atoms with Crippen molar-refractivity contribution in [3.05, 3.63) is 23.6 Å². The van der Waals surface area contributed by atoms with Crippen LogP contribution in [0.1, 0.15) is 12.8 Å². The summed E-state index contributed by atoms with van der Waals surface area (Å²) in [7, 11) is 2.12. The first-order valence-corrected chi connectivity index (χ1v) is 4.11. The van der Waals surface area contributed by atoms with Crippen LogP contribution in [0.3, 0.4) is 0 Å². The fourth-order valence-electron chi connectivity index (χ4n) is 1.54. The lowest BCUT2D eigenvalue weighted by Gasteiger charge is -2.30. The van der Waals surface area contributed by atoms with E-state index in [-0.39, 0.29) is 0 Å². The zero-order chi connectivity index (χ0) is 7.68. The summed E-state index contributed by atoms with van der Waals surface area (Å²) < 4.78 is 5.54. The lowest BCUT2D eigenvalue weighted by Crippen LogP contribution is -2.29. The third-order valence-electron chi connectivity index (χ3n) is 2.21. The highest BCUT2D eigenvalue weighted by molar-refractivity contribution is 5.26. The van der Waals surface area contributed by atoms with Gasteiger partial charge in [-0.3, -0.25) is 0 Å². The molecular weight excluding hydrogens is 138 g/mol. The van der Waals surface area contributed by atoms with Crippen LogP contribution in [0.25, 0.3) is 0 Å². The lowest BCUT2D eigenvalue weighted by atomic mass is 10.1. The van der Waals surface area contributed by atoms with Gasteiger partial charge < -0.3 is 9.64 Å². The Balaban J connectivity index is 2.28. The predicted molar refractivity (Wildman–Crippen MR) is 44.0 cm³/mol. The number of hydrogen-bond acceptors (Lipinski definition) is 2. The second-order valence-corrected chi connectivity index (χ2v) is 3.02. The third-order valence-corrected chi connectivity index (χ3v) is 2.21. The third kappa shape index (κ3) is 1.13. The van der Waals surface area contributed by atoms with Crippen LogP contribution < -0.4 is 0 Å². The van der Waals surface area contributed by atoms with Gasteiger partial charge in [0.2, 0.25) is 0 Å². The van der Waals surface area contributed by atoms with Crippen molar-refractivity contribution in [1.82, 2.24) is 4.90 Å². The Morgan fingerprint density at radius 3 is 3.27 bits per heavy atom. The fraction of sp³-hybridized carbons (Fsp3) is 0.556. The first kappa shape index (κ1) is 6.77. The molecule has 2 nitrogen and oxygen atoms in total. The van der Waals surface area contributed by atoms with E-state index in [0.29, 0.717) is 0 Å². The smallest absolute Gasteiger partial charge is 0.120 e. The Hall–Kier alpha value is -0.920. The van der Waals surface area contributed by atoms with E-state index in [4.69, 9.17) is 4.74 Å². The largest absolute Gasteiger partial charge is 0.494 e. The summed E-state index contributed by atoms with van der Waals surface area (Å²) in [5.74, 6) is 1.18. The highest BCUT2D eigenvalue weighted by atomic mass is 16.5. The SMILES string of the molecule is CN1CCOC2=C1C=CCC2. The quantitative estimate of drug-likeness (QED) is 0.520. The summed E-state index contributed by atoms with van der Waals surface area (Å²) in [6, 6.07) is 0. The van der Waals surface area contributed by atoms with Crippen molar-refractivity contribution in [1.29, 1.82) is 0 Å². The molecule has 0 fully saturated rings. The van der Waals surface area contributed by atoms with Crippen LogP contribution in [0.2, 0.25) is 0 Å². The van der Waals surface area contributed by atoms with Gasteiger partial charge in [0.25, 0.3) is 0 Å². The number of hydrogen-bond donors (Lipinski definition) is 0. The second-order valence-electron chi connectivity index (χ2n) is 3.02. The van der Waals surface area contributed by atoms with E-state index < -0.39 is 0 Å². The standard InChI is InChI=1S/C9H13NO/c1-10-6-7-11-9-5-3-2-4-8(9)10/h2,4H,3,5-7H2,1H3. The number of nitrogens with zero attached hydrogens (tertiary/aromatic N) is 1. The van der Waals surface area contributed by atoms with E-state index >= 15 is 0 Å². The fourth-order valence-corrected chi connectivity index (χ4v) is 1.54. The molecule has 2 heteroatoms. The van der Waals surface area contributed by atoms with Gasteiger partial charge in [0.1, 0.15) is 12.4 Å². The number of rotatable bonds is 0. The Morgan fingerprint density at radius 1 is 1.55 bits per heavy atom. The first-order valence-electron chi connectivity index (χ1n) is 4.11. The Morgan fingerprint density at radius 2 is 2.45 bits per heavy atom. The molecule has 0 unspecified atom stereocenters. The maximum absolute atomic E-state index is 5.54. The van der Waals surface area contributed by atoms with Gasteiger partial charge >= 0.3 is 0 Å². The van der Waals surface area contributed by atoms with Gasteiger partial charge in [-0.2, -0.15) is 0 Å². The lowest BCUT2D eigenvalue weighted by molar-refractivity contribution is 0.137. The number of likely N-dealkylation sites (N-methyl/N-ethyl adjacent to an activating group) is 1. The highest BCUT2D eigenvalue weighted by Gasteiger charge is 2.17. The topological polar surface area (TPSA) is 12.5 Å². The summed E-state index contributed by atoms with van der Waals surface area (Å²) in [6.07, 6.45) is 6.59. The molecule has 0 saturated heterocycles. The van der Waals surface area contributed by atoms with Gasteiger partial charge in [0, 0.05) is 13.5 Å².